The number of rotatable bonds is 11. The van der Waals surface area contributed by atoms with Gasteiger partial charge in [0.15, 0.2) is 0 Å². The fourth-order valence-corrected chi connectivity index (χ4v) is 5.28. The molecule has 1 saturated heterocycles. The highest BCUT2D eigenvalue weighted by molar-refractivity contribution is 6.30. The fraction of sp³-hybridized carbons (Fsp3) is 0.500. The summed E-state index contributed by atoms with van der Waals surface area (Å²) in [6, 6.07) is 11.7. The van der Waals surface area contributed by atoms with Gasteiger partial charge in [0.05, 0.1) is 6.04 Å². The highest BCUT2D eigenvalue weighted by Crippen LogP contribution is 2.22. The number of nitrogens with one attached hydrogen (secondary N) is 2. The second-order valence-electron chi connectivity index (χ2n) is 10.8. The molecular weight excluding hydrogens is 535 g/mol. The van der Waals surface area contributed by atoms with E-state index in [0.717, 1.165) is 12.0 Å². The van der Waals surface area contributed by atoms with Gasteiger partial charge in [-0.3, -0.25) is 19.3 Å². The third kappa shape index (κ3) is 8.49. The van der Waals surface area contributed by atoms with Crippen molar-refractivity contribution in [3.8, 4) is 0 Å². The molecule has 0 aliphatic carbocycles. The van der Waals surface area contributed by atoms with Crippen molar-refractivity contribution in [2.45, 2.75) is 70.2 Å². The third-order valence-corrected chi connectivity index (χ3v) is 7.47. The molecule has 0 aromatic heterocycles. The van der Waals surface area contributed by atoms with Crippen molar-refractivity contribution in [3.05, 3.63) is 70.5 Å². The summed E-state index contributed by atoms with van der Waals surface area (Å²) in [6.07, 6.45) is 2.15. The van der Waals surface area contributed by atoms with Crippen LogP contribution < -0.4 is 10.6 Å². The van der Waals surface area contributed by atoms with Crippen molar-refractivity contribution in [2.24, 2.45) is 0 Å². The van der Waals surface area contributed by atoms with Crippen molar-refractivity contribution >= 4 is 29.3 Å². The number of carbonyl (C=O) groups excluding carboxylic acids is 3. The summed E-state index contributed by atoms with van der Waals surface area (Å²) in [7, 11) is 1.61. The van der Waals surface area contributed by atoms with E-state index in [1.807, 2.05) is 25.1 Å². The van der Waals surface area contributed by atoms with Gasteiger partial charge in [0.2, 0.25) is 11.8 Å². The molecule has 0 spiro atoms. The van der Waals surface area contributed by atoms with Gasteiger partial charge >= 0.3 is 0 Å². The van der Waals surface area contributed by atoms with Crippen LogP contribution in [0.1, 0.15) is 44.7 Å². The predicted octanol–water partition coefficient (Wildman–Crippen LogP) is 2.95. The highest BCUT2D eigenvalue weighted by Gasteiger charge is 2.39. The average Bonchev–Trinajstić information content (AvgIpc) is 2.91. The molecule has 8 nitrogen and oxygen atoms in total. The summed E-state index contributed by atoms with van der Waals surface area (Å²) in [5, 5.41) is 16.3. The molecule has 0 radical (unpaired) electrons. The van der Waals surface area contributed by atoms with Crippen molar-refractivity contribution in [1.29, 1.82) is 0 Å². The Kier molecular flexibility index (Phi) is 11.1. The van der Waals surface area contributed by atoms with Crippen LogP contribution in [-0.4, -0.2) is 83.0 Å². The molecule has 3 unspecified atom stereocenters. The third-order valence-electron chi connectivity index (χ3n) is 7.24. The number of hydrogen-bond donors (Lipinski definition) is 3. The zero-order valence-corrected chi connectivity index (χ0v) is 24.4. The Balaban J connectivity index is 1.84. The van der Waals surface area contributed by atoms with E-state index < -0.39 is 29.4 Å². The minimum atomic E-state index is -1.68. The molecule has 40 heavy (non-hydrogen) atoms. The summed E-state index contributed by atoms with van der Waals surface area (Å²) in [5.74, 6) is -1.44. The van der Waals surface area contributed by atoms with Gasteiger partial charge in [-0.25, -0.2) is 4.39 Å². The van der Waals surface area contributed by atoms with Crippen molar-refractivity contribution in [3.63, 3.8) is 0 Å². The first-order valence-corrected chi connectivity index (χ1v) is 14.1. The maximum absolute atomic E-state index is 14.0. The van der Waals surface area contributed by atoms with E-state index in [2.05, 4.69) is 15.5 Å². The number of amides is 3. The topological polar surface area (TPSA) is 102 Å². The Morgan fingerprint density at radius 1 is 1.10 bits per heavy atom. The van der Waals surface area contributed by atoms with E-state index in [1.54, 1.807) is 30.1 Å². The second kappa shape index (κ2) is 14.1. The number of halogens is 2. The summed E-state index contributed by atoms with van der Waals surface area (Å²) in [6.45, 7) is 6.08. The van der Waals surface area contributed by atoms with Crippen LogP contribution in [0, 0.1) is 5.82 Å². The van der Waals surface area contributed by atoms with Crippen LogP contribution in [0.3, 0.4) is 0 Å². The molecule has 3 rings (SSSR count). The van der Waals surface area contributed by atoms with E-state index >= 15 is 0 Å². The molecule has 218 valence electrons. The molecular formula is C30H40ClFN4O4. The molecule has 3 amide bonds. The van der Waals surface area contributed by atoms with Crippen molar-refractivity contribution in [1.82, 2.24) is 20.4 Å². The lowest BCUT2D eigenvalue weighted by Gasteiger charge is -2.45. The monoisotopic (exact) mass is 574 g/mol. The maximum Gasteiger partial charge on any atom is 0.252 e. The molecule has 10 heteroatoms. The number of aliphatic hydroxyl groups is 1. The van der Waals surface area contributed by atoms with Crippen molar-refractivity contribution in [2.75, 3.05) is 26.7 Å². The van der Waals surface area contributed by atoms with Gasteiger partial charge in [-0.1, -0.05) is 49.2 Å². The number of likely N-dealkylation sites (N-methyl/N-ethyl adjacent to an activating group) is 1. The lowest BCUT2D eigenvalue weighted by Crippen LogP contribution is -2.63. The molecule has 1 aliphatic rings. The number of benzene rings is 2. The van der Waals surface area contributed by atoms with Gasteiger partial charge in [0.25, 0.3) is 5.91 Å². The SMILES string of the molecule is CCCC1CN(C(Cc2cccc(Cl)c2)C(=O)NC)CCN1C(=O)C(Cc1ccc(F)cc1)NC(=O)C(C)(C)O. The van der Waals surface area contributed by atoms with Gasteiger partial charge in [-0.05, 0) is 62.1 Å². The van der Waals surface area contributed by atoms with Gasteiger partial charge in [0, 0.05) is 44.2 Å². The van der Waals surface area contributed by atoms with Crippen LogP contribution >= 0.6 is 11.6 Å². The molecule has 3 N–H and O–H groups in total. The van der Waals surface area contributed by atoms with Gasteiger partial charge in [-0.2, -0.15) is 0 Å². The van der Waals surface area contributed by atoms with Crippen LogP contribution in [0.15, 0.2) is 48.5 Å². The Bertz CT molecular complexity index is 1170. The van der Waals surface area contributed by atoms with Crippen molar-refractivity contribution < 1.29 is 23.9 Å². The minimum absolute atomic E-state index is 0.110. The van der Waals surface area contributed by atoms with Crippen LogP contribution in [0.2, 0.25) is 5.02 Å². The Hall–Kier alpha value is -3.01. The maximum atomic E-state index is 14.0. The van der Waals surface area contributed by atoms with E-state index in [0.29, 0.717) is 43.1 Å². The molecule has 2 aromatic carbocycles. The Morgan fingerprint density at radius 3 is 2.40 bits per heavy atom. The van der Waals surface area contributed by atoms with Crippen LogP contribution in [-0.2, 0) is 27.2 Å². The Labute approximate surface area is 240 Å². The molecule has 1 aliphatic heterocycles. The standard InChI is InChI=1S/C30H40ClFN4O4/c1-5-7-24-19-35(26(27(37)33-4)18-21-8-6-9-22(31)16-21)14-15-36(24)28(38)25(34-29(39)30(2,3)40)17-20-10-12-23(32)13-11-20/h6,8-13,16,24-26,40H,5,7,14-15,17-19H2,1-4H3,(H,33,37)(H,34,39). The Morgan fingerprint density at radius 2 is 1.80 bits per heavy atom. The van der Waals surface area contributed by atoms with E-state index in [4.69, 9.17) is 11.6 Å². The molecule has 3 atom stereocenters. The zero-order chi connectivity index (χ0) is 29.4. The lowest BCUT2D eigenvalue weighted by molar-refractivity contribution is -0.146. The summed E-state index contributed by atoms with van der Waals surface area (Å²) in [4.78, 5) is 43.5. The highest BCUT2D eigenvalue weighted by atomic mass is 35.5. The van der Waals surface area contributed by atoms with Crippen LogP contribution in [0.4, 0.5) is 4.39 Å². The molecule has 1 fully saturated rings. The number of nitrogens with zero attached hydrogens (tertiary/aromatic N) is 2. The largest absolute Gasteiger partial charge is 0.381 e. The summed E-state index contributed by atoms with van der Waals surface area (Å²) < 4.78 is 13.5. The first-order chi connectivity index (χ1) is 18.9. The molecule has 0 saturated carbocycles. The first-order valence-electron chi connectivity index (χ1n) is 13.7. The number of carbonyl (C=O) groups is 3. The zero-order valence-electron chi connectivity index (χ0n) is 23.6. The van der Waals surface area contributed by atoms with E-state index in [-0.39, 0.29) is 24.3 Å². The second-order valence-corrected chi connectivity index (χ2v) is 11.3. The van der Waals surface area contributed by atoms with Gasteiger partial charge in [-0.15, -0.1) is 0 Å². The predicted molar refractivity (Wildman–Crippen MR) is 153 cm³/mol. The smallest absolute Gasteiger partial charge is 0.252 e. The molecule has 1 heterocycles. The van der Waals surface area contributed by atoms with Gasteiger partial charge < -0.3 is 20.6 Å². The molecule has 0 bridgehead atoms. The minimum Gasteiger partial charge on any atom is -0.381 e. The van der Waals surface area contributed by atoms with Crippen LogP contribution in [0.5, 0.6) is 0 Å². The number of hydrogen-bond acceptors (Lipinski definition) is 5. The average molecular weight is 575 g/mol. The molecule has 2 aromatic rings. The fourth-order valence-electron chi connectivity index (χ4n) is 5.07. The number of piperazine rings is 1. The van der Waals surface area contributed by atoms with Gasteiger partial charge in [0.1, 0.15) is 17.5 Å². The van der Waals surface area contributed by atoms with Crippen LogP contribution in [0.25, 0.3) is 0 Å². The summed E-state index contributed by atoms with van der Waals surface area (Å²) in [5.41, 5.74) is -0.0489. The quantitative estimate of drug-likeness (QED) is 0.383. The lowest BCUT2D eigenvalue weighted by atomic mass is 9.97. The van der Waals surface area contributed by atoms with E-state index in [9.17, 15) is 23.9 Å². The summed E-state index contributed by atoms with van der Waals surface area (Å²) >= 11 is 6.18. The first kappa shape index (κ1) is 31.5. The normalized spacial score (nSPS) is 17.7. The van der Waals surface area contributed by atoms with E-state index in [1.165, 1.54) is 26.0 Å².